The van der Waals surface area contributed by atoms with Gasteiger partial charge < -0.3 is 9.72 Å². The molecule has 1 N–H and O–H groups in total. The Kier molecular flexibility index (Phi) is 3.10. The monoisotopic (exact) mass is 225 g/mol. The van der Waals surface area contributed by atoms with Crippen molar-refractivity contribution in [1.82, 2.24) is 4.98 Å². The number of carbonyl (C=O) groups is 1. The Morgan fingerprint density at radius 3 is 2.71 bits per heavy atom. The van der Waals surface area contributed by atoms with Crippen LogP contribution in [-0.2, 0) is 4.74 Å². The summed E-state index contributed by atoms with van der Waals surface area (Å²) in [6.07, 6.45) is 1.10. The van der Waals surface area contributed by atoms with Crippen molar-refractivity contribution in [1.29, 1.82) is 0 Å². The number of H-pyrrole nitrogens is 1. The van der Waals surface area contributed by atoms with E-state index in [1.54, 1.807) is 0 Å². The molecule has 0 amide bonds. The molecule has 3 nitrogen and oxygen atoms in total. The minimum absolute atomic E-state index is 0.000694. The Bertz CT molecular complexity index is 334. The fraction of sp³-hybridized carbons (Fsp3) is 0.286. The van der Waals surface area contributed by atoms with Gasteiger partial charge in [-0.05, 0) is 17.8 Å². The van der Waals surface area contributed by atoms with Crippen LogP contribution in [0.25, 0.3) is 0 Å². The van der Waals surface area contributed by atoms with Gasteiger partial charge in [0, 0.05) is 11.1 Å². The quantitative estimate of drug-likeness (QED) is 0.620. The maximum Gasteiger partial charge on any atom is 0.446 e. The van der Waals surface area contributed by atoms with Gasteiger partial charge in [-0.25, -0.2) is 4.79 Å². The van der Waals surface area contributed by atoms with E-state index >= 15 is 0 Å². The number of alkyl halides is 3. The number of carbonyl (C=O) groups excluding carboxylic acids is 1. The van der Waals surface area contributed by atoms with Crippen LogP contribution in [0.4, 0.5) is 13.2 Å². The predicted octanol–water partition coefficient (Wildman–Crippen LogP) is 2.41. The van der Waals surface area contributed by atoms with Gasteiger partial charge in [0.2, 0.25) is 0 Å². The smallest absolute Gasteiger partial charge is 0.446 e. The van der Waals surface area contributed by atoms with Gasteiger partial charge in [-0.2, -0.15) is 13.2 Å². The van der Waals surface area contributed by atoms with Crippen LogP contribution in [0.15, 0.2) is 17.2 Å². The normalized spacial score (nSPS) is 11.4. The average Bonchev–Trinajstić information content (AvgIpc) is 2.48. The molecule has 1 aromatic rings. The van der Waals surface area contributed by atoms with Crippen molar-refractivity contribution in [3.63, 3.8) is 0 Å². The van der Waals surface area contributed by atoms with Gasteiger partial charge >= 0.3 is 11.5 Å². The van der Waals surface area contributed by atoms with Crippen molar-refractivity contribution in [2.45, 2.75) is 10.4 Å². The van der Waals surface area contributed by atoms with E-state index in [2.05, 4.69) is 9.72 Å². The first-order valence-electron chi connectivity index (χ1n) is 3.45. The lowest BCUT2D eigenvalue weighted by molar-refractivity contribution is -0.0328. The molecule has 1 rings (SSSR count). The molecule has 0 saturated carbocycles. The summed E-state index contributed by atoms with van der Waals surface area (Å²) < 4.78 is 39.9. The number of aromatic nitrogens is 1. The van der Waals surface area contributed by atoms with Gasteiger partial charge in [-0.1, -0.05) is 0 Å². The minimum Gasteiger partial charge on any atom is -0.464 e. The van der Waals surface area contributed by atoms with Crippen molar-refractivity contribution in [3.8, 4) is 0 Å². The number of methoxy groups -OCH3 is 1. The van der Waals surface area contributed by atoms with E-state index in [0.717, 1.165) is 19.4 Å². The number of thioether (sulfide) groups is 1. The van der Waals surface area contributed by atoms with Crippen molar-refractivity contribution in [2.24, 2.45) is 0 Å². The molecule has 0 unspecified atom stereocenters. The molecule has 14 heavy (non-hydrogen) atoms. The molecule has 0 radical (unpaired) electrons. The fourth-order valence-electron chi connectivity index (χ4n) is 0.795. The number of ether oxygens (including phenoxy) is 1. The van der Waals surface area contributed by atoms with Crippen molar-refractivity contribution < 1.29 is 22.7 Å². The number of esters is 1. The molecule has 0 aliphatic rings. The van der Waals surface area contributed by atoms with Crippen LogP contribution in [0.3, 0.4) is 0 Å². The second kappa shape index (κ2) is 3.95. The molecule has 0 saturated heterocycles. The molecule has 1 heterocycles. The first-order chi connectivity index (χ1) is 6.42. The summed E-state index contributed by atoms with van der Waals surface area (Å²) in [7, 11) is 1.15. The van der Waals surface area contributed by atoms with Gasteiger partial charge in [0.05, 0.1) is 7.11 Å². The maximum absolute atomic E-state index is 11.9. The van der Waals surface area contributed by atoms with Crippen molar-refractivity contribution in [3.05, 3.63) is 18.0 Å². The third kappa shape index (κ3) is 2.99. The highest BCUT2D eigenvalue weighted by Crippen LogP contribution is 2.36. The topological polar surface area (TPSA) is 42.1 Å². The third-order valence-electron chi connectivity index (χ3n) is 1.30. The van der Waals surface area contributed by atoms with Crippen molar-refractivity contribution in [2.75, 3.05) is 7.11 Å². The second-order valence-corrected chi connectivity index (χ2v) is 3.43. The number of rotatable bonds is 2. The summed E-state index contributed by atoms with van der Waals surface area (Å²) in [5.74, 6) is -0.695. The van der Waals surface area contributed by atoms with Crippen LogP contribution in [0.2, 0.25) is 0 Å². The highest BCUT2D eigenvalue weighted by molar-refractivity contribution is 8.00. The van der Waals surface area contributed by atoms with Gasteiger partial charge in [0.15, 0.2) is 0 Å². The highest BCUT2D eigenvalue weighted by Gasteiger charge is 2.30. The molecular weight excluding hydrogens is 219 g/mol. The Morgan fingerprint density at radius 2 is 2.21 bits per heavy atom. The van der Waals surface area contributed by atoms with Gasteiger partial charge in [-0.3, -0.25) is 0 Å². The van der Waals surface area contributed by atoms with Crippen LogP contribution in [0.1, 0.15) is 10.5 Å². The molecule has 0 aliphatic heterocycles. The number of hydrogen-bond donors (Lipinski definition) is 1. The molecule has 7 heteroatoms. The molecule has 0 aromatic carbocycles. The van der Waals surface area contributed by atoms with Gasteiger partial charge in [0.25, 0.3) is 0 Å². The Labute approximate surface area is 81.6 Å². The largest absolute Gasteiger partial charge is 0.464 e. The molecule has 78 valence electrons. The predicted molar refractivity (Wildman–Crippen MR) is 44.0 cm³/mol. The highest BCUT2D eigenvalue weighted by atomic mass is 32.2. The summed E-state index contributed by atoms with van der Waals surface area (Å²) in [6, 6.07) is 1.09. The van der Waals surface area contributed by atoms with Gasteiger partial charge in [-0.15, -0.1) is 0 Å². The lowest BCUT2D eigenvalue weighted by Crippen LogP contribution is -2.00. The molecule has 1 aromatic heterocycles. The molecule has 0 bridgehead atoms. The summed E-state index contributed by atoms with van der Waals surface area (Å²) in [5.41, 5.74) is -4.35. The van der Waals surface area contributed by atoms with Gasteiger partial charge in [0.1, 0.15) is 5.69 Å². The van der Waals surface area contributed by atoms with Crippen LogP contribution in [-0.4, -0.2) is 23.6 Å². The molecule has 0 aliphatic carbocycles. The van der Waals surface area contributed by atoms with Crippen LogP contribution in [0, 0.1) is 0 Å². The lowest BCUT2D eigenvalue weighted by Gasteiger charge is -2.01. The summed E-state index contributed by atoms with van der Waals surface area (Å²) in [6.45, 7) is 0. The van der Waals surface area contributed by atoms with Crippen molar-refractivity contribution >= 4 is 17.7 Å². The molecule has 0 spiro atoms. The number of nitrogens with one attached hydrogen (secondary N) is 1. The Balaban J connectivity index is 2.74. The van der Waals surface area contributed by atoms with Crippen LogP contribution < -0.4 is 0 Å². The first kappa shape index (κ1) is 11.0. The number of aromatic amines is 1. The Hall–Kier alpha value is -1.11. The number of hydrogen-bond acceptors (Lipinski definition) is 3. The van der Waals surface area contributed by atoms with E-state index in [4.69, 9.17) is 0 Å². The zero-order chi connectivity index (χ0) is 10.8. The zero-order valence-electron chi connectivity index (χ0n) is 7.01. The van der Waals surface area contributed by atoms with Crippen LogP contribution in [0.5, 0.6) is 0 Å². The second-order valence-electron chi connectivity index (χ2n) is 2.29. The van der Waals surface area contributed by atoms with E-state index < -0.39 is 11.5 Å². The van der Waals surface area contributed by atoms with Crippen LogP contribution >= 0.6 is 11.8 Å². The maximum atomic E-state index is 11.9. The zero-order valence-corrected chi connectivity index (χ0v) is 7.83. The van der Waals surface area contributed by atoms with E-state index in [9.17, 15) is 18.0 Å². The molecular formula is C7H6F3NO2S. The lowest BCUT2D eigenvalue weighted by atomic mass is 10.4. The van der Waals surface area contributed by atoms with E-state index in [1.165, 1.54) is 0 Å². The van der Waals surface area contributed by atoms with E-state index in [1.807, 2.05) is 0 Å². The number of halogens is 3. The minimum atomic E-state index is -4.35. The molecule has 0 atom stereocenters. The summed E-state index contributed by atoms with van der Waals surface area (Å²) in [4.78, 5) is 13.2. The molecule has 0 fully saturated rings. The first-order valence-corrected chi connectivity index (χ1v) is 4.26. The average molecular weight is 225 g/mol. The SMILES string of the molecule is COC(=O)c1cc(SC(F)(F)F)c[nH]1. The Morgan fingerprint density at radius 1 is 1.57 bits per heavy atom. The fourth-order valence-corrected chi connectivity index (χ4v) is 1.36. The third-order valence-corrected chi connectivity index (χ3v) is 2.00. The summed E-state index contributed by atoms with van der Waals surface area (Å²) in [5, 5.41) is 0. The van der Waals surface area contributed by atoms with E-state index in [0.29, 0.717) is 0 Å². The standard InChI is InChI=1S/C7H6F3NO2S/c1-13-6(12)5-2-4(3-11-5)14-7(8,9)10/h2-3,11H,1H3. The van der Waals surface area contributed by atoms with E-state index in [-0.39, 0.29) is 22.4 Å². The summed E-state index contributed by atoms with van der Waals surface area (Å²) >= 11 is -0.290.